The minimum atomic E-state index is -0.718. The molecule has 1 amide bonds. The third-order valence-corrected chi connectivity index (χ3v) is 5.26. The Bertz CT molecular complexity index is 1030. The molecule has 0 unspecified atom stereocenters. The molecule has 2 aromatic heterocycles. The SMILES string of the molecule is NC(=O)OC1CCN(Cc2ccn3ncnc(Nc4ccc(O)c(Cl)c4)c23)CC1. The molecule has 4 rings (SSSR count). The summed E-state index contributed by atoms with van der Waals surface area (Å²) in [6.45, 7) is 2.33. The maximum absolute atomic E-state index is 10.9. The van der Waals surface area contributed by atoms with Crippen LogP contribution in [-0.4, -0.2) is 49.9 Å². The number of anilines is 2. The van der Waals surface area contributed by atoms with Gasteiger partial charge in [-0.3, -0.25) is 4.90 Å². The van der Waals surface area contributed by atoms with Crippen molar-refractivity contribution in [2.24, 2.45) is 5.73 Å². The summed E-state index contributed by atoms with van der Waals surface area (Å²) in [5.74, 6) is 0.672. The first-order chi connectivity index (χ1) is 14.0. The van der Waals surface area contributed by atoms with Crippen molar-refractivity contribution in [1.82, 2.24) is 19.5 Å². The molecule has 1 aliphatic heterocycles. The van der Waals surface area contributed by atoms with E-state index in [9.17, 15) is 9.90 Å². The van der Waals surface area contributed by atoms with Crippen molar-refractivity contribution in [3.05, 3.63) is 47.4 Å². The van der Waals surface area contributed by atoms with Crippen LogP contribution in [0.5, 0.6) is 5.75 Å². The maximum Gasteiger partial charge on any atom is 0.404 e. The van der Waals surface area contributed by atoms with E-state index in [1.54, 1.807) is 16.6 Å². The summed E-state index contributed by atoms with van der Waals surface area (Å²) in [6, 6.07) is 6.92. The molecule has 0 saturated carbocycles. The Hall–Kier alpha value is -3.04. The summed E-state index contributed by atoms with van der Waals surface area (Å²) in [5, 5.41) is 17.4. The molecule has 152 valence electrons. The second-order valence-electron chi connectivity index (χ2n) is 6.95. The van der Waals surface area contributed by atoms with Crippen LogP contribution in [0, 0.1) is 0 Å². The number of benzene rings is 1. The van der Waals surface area contributed by atoms with E-state index in [4.69, 9.17) is 22.1 Å². The van der Waals surface area contributed by atoms with Crippen LogP contribution >= 0.6 is 11.6 Å². The normalized spacial score (nSPS) is 15.5. The number of hydrogen-bond acceptors (Lipinski definition) is 7. The second-order valence-corrected chi connectivity index (χ2v) is 7.35. The van der Waals surface area contributed by atoms with E-state index in [1.165, 1.54) is 12.4 Å². The lowest BCUT2D eigenvalue weighted by molar-refractivity contribution is 0.0542. The second kappa shape index (κ2) is 8.14. The number of carbonyl (C=O) groups is 1. The van der Waals surface area contributed by atoms with Gasteiger partial charge in [-0.1, -0.05) is 11.6 Å². The zero-order chi connectivity index (χ0) is 20.4. The van der Waals surface area contributed by atoms with Gasteiger partial charge in [0.25, 0.3) is 0 Å². The van der Waals surface area contributed by atoms with Crippen LogP contribution in [0.4, 0.5) is 16.3 Å². The minimum Gasteiger partial charge on any atom is -0.506 e. The lowest BCUT2D eigenvalue weighted by atomic mass is 10.1. The van der Waals surface area contributed by atoms with Crippen molar-refractivity contribution < 1.29 is 14.6 Å². The number of likely N-dealkylation sites (tertiary alicyclic amines) is 1. The van der Waals surface area contributed by atoms with Crippen LogP contribution < -0.4 is 11.1 Å². The van der Waals surface area contributed by atoms with Gasteiger partial charge in [0.05, 0.1) is 5.02 Å². The van der Waals surface area contributed by atoms with Crippen LogP contribution in [0.2, 0.25) is 5.02 Å². The molecule has 0 spiro atoms. The highest BCUT2D eigenvalue weighted by molar-refractivity contribution is 6.32. The van der Waals surface area contributed by atoms with E-state index in [0.29, 0.717) is 11.5 Å². The van der Waals surface area contributed by atoms with E-state index < -0.39 is 6.09 Å². The molecule has 29 heavy (non-hydrogen) atoms. The molecule has 3 aromatic rings. The molecule has 1 saturated heterocycles. The number of carbonyl (C=O) groups excluding carboxylic acids is 1. The number of aromatic nitrogens is 3. The molecule has 4 N–H and O–H groups in total. The van der Waals surface area contributed by atoms with Gasteiger partial charge in [0.15, 0.2) is 5.82 Å². The molecule has 1 aliphatic rings. The Morgan fingerprint density at radius 3 is 2.86 bits per heavy atom. The fourth-order valence-corrected chi connectivity index (χ4v) is 3.73. The van der Waals surface area contributed by atoms with E-state index in [0.717, 1.165) is 43.6 Å². The van der Waals surface area contributed by atoms with Gasteiger partial charge < -0.3 is 20.9 Å². The molecule has 9 nitrogen and oxygen atoms in total. The van der Waals surface area contributed by atoms with Crippen molar-refractivity contribution >= 4 is 34.7 Å². The first kappa shape index (κ1) is 19.3. The molecule has 0 aliphatic carbocycles. The first-order valence-electron chi connectivity index (χ1n) is 9.25. The van der Waals surface area contributed by atoms with Crippen LogP contribution in [0.3, 0.4) is 0 Å². The molecule has 0 bridgehead atoms. The molecule has 1 fully saturated rings. The third kappa shape index (κ3) is 4.36. The third-order valence-electron chi connectivity index (χ3n) is 4.96. The number of nitrogens with one attached hydrogen (secondary N) is 1. The average molecular weight is 417 g/mol. The number of halogens is 1. The molecule has 3 heterocycles. The Kier molecular flexibility index (Phi) is 5.41. The molecule has 0 radical (unpaired) electrons. The van der Waals surface area contributed by atoms with E-state index >= 15 is 0 Å². The van der Waals surface area contributed by atoms with Gasteiger partial charge in [0.1, 0.15) is 23.7 Å². The summed E-state index contributed by atoms with van der Waals surface area (Å²) < 4.78 is 6.87. The first-order valence-corrected chi connectivity index (χ1v) is 9.62. The number of ether oxygens (including phenoxy) is 1. The van der Waals surface area contributed by atoms with Gasteiger partial charge in [-0.25, -0.2) is 14.3 Å². The number of rotatable bonds is 5. The smallest absolute Gasteiger partial charge is 0.404 e. The quantitative estimate of drug-likeness (QED) is 0.547. The van der Waals surface area contributed by atoms with Gasteiger partial charge in [-0.05, 0) is 42.7 Å². The van der Waals surface area contributed by atoms with Crippen LogP contribution in [0.25, 0.3) is 5.52 Å². The number of hydrogen-bond donors (Lipinski definition) is 3. The molecular weight excluding hydrogens is 396 g/mol. The van der Waals surface area contributed by atoms with Crippen molar-refractivity contribution in [3.63, 3.8) is 0 Å². The summed E-state index contributed by atoms with van der Waals surface area (Å²) in [5.41, 5.74) is 7.76. The summed E-state index contributed by atoms with van der Waals surface area (Å²) in [6.07, 6.45) is 4.04. The molecular formula is C19H21ClN6O3. The molecule has 0 atom stereocenters. The predicted molar refractivity (Wildman–Crippen MR) is 108 cm³/mol. The summed E-state index contributed by atoms with van der Waals surface area (Å²) in [4.78, 5) is 17.6. The van der Waals surface area contributed by atoms with Crippen molar-refractivity contribution in [2.75, 3.05) is 18.4 Å². The van der Waals surface area contributed by atoms with Crippen molar-refractivity contribution in [2.45, 2.75) is 25.5 Å². The Morgan fingerprint density at radius 2 is 2.14 bits per heavy atom. The maximum atomic E-state index is 10.9. The van der Waals surface area contributed by atoms with Crippen LogP contribution in [0.1, 0.15) is 18.4 Å². The predicted octanol–water partition coefficient (Wildman–Crippen LogP) is 2.89. The largest absolute Gasteiger partial charge is 0.506 e. The zero-order valence-corrected chi connectivity index (χ0v) is 16.3. The highest BCUT2D eigenvalue weighted by atomic mass is 35.5. The van der Waals surface area contributed by atoms with Gasteiger partial charge in [0, 0.05) is 31.5 Å². The Morgan fingerprint density at radius 1 is 1.34 bits per heavy atom. The van der Waals surface area contributed by atoms with Crippen LogP contribution in [0.15, 0.2) is 36.8 Å². The monoisotopic (exact) mass is 416 g/mol. The number of fused-ring (bicyclic) bond motifs is 1. The number of phenolic OH excluding ortho intramolecular Hbond substituents is 1. The number of primary amides is 1. The van der Waals surface area contributed by atoms with Gasteiger partial charge >= 0.3 is 6.09 Å². The number of nitrogens with zero attached hydrogens (tertiary/aromatic N) is 4. The molecule has 1 aromatic carbocycles. The Labute approximate surface area is 172 Å². The molecule has 10 heteroatoms. The summed E-state index contributed by atoms with van der Waals surface area (Å²) in [7, 11) is 0. The van der Waals surface area contributed by atoms with Gasteiger partial charge in [-0.15, -0.1) is 0 Å². The van der Waals surface area contributed by atoms with E-state index in [1.807, 2.05) is 12.3 Å². The minimum absolute atomic E-state index is 0.0251. The van der Waals surface area contributed by atoms with E-state index in [2.05, 4.69) is 20.3 Å². The highest BCUT2D eigenvalue weighted by Gasteiger charge is 2.23. The lowest BCUT2D eigenvalue weighted by Crippen LogP contribution is -2.38. The van der Waals surface area contributed by atoms with Crippen molar-refractivity contribution in [1.29, 1.82) is 0 Å². The number of nitrogens with two attached hydrogens (primary N) is 1. The van der Waals surface area contributed by atoms with Gasteiger partial charge in [-0.2, -0.15) is 5.10 Å². The van der Waals surface area contributed by atoms with Gasteiger partial charge in [0.2, 0.25) is 0 Å². The Balaban J connectivity index is 1.52. The zero-order valence-electron chi connectivity index (χ0n) is 15.6. The number of phenols is 1. The van der Waals surface area contributed by atoms with Crippen LogP contribution in [-0.2, 0) is 11.3 Å². The number of aromatic hydroxyl groups is 1. The lowest BCUT2D eigenvalue weighted by Gasteiger charge is -2.31. The van der Waals surface area contributed by atoms with Crippen molar-refractivity contribution in [3.8, 4) is 5.75 Å². The standard InChI is InChI=1S/C19H21ClN6O3/c20-15-9-13(1-2-16(15)27)24-18-17-12(3-8-26(17)23-11-22-18)10-25-6-4-14(5-7-25)29-19(21)28/h1-3,8-9,11,14,27H,4-7,10H2,(H2,21,28)(H,22,23,24). The fourth-order valence-electron chi connectivity index (χ4n) is 3.55. The summed E-state index contributed by atoms with van der Waals surface area (Å²) >= 11 is 6.01. The average Bonchev–Trinajstić information content (AvgIpc) is 3.10. The van der Waals surface area contributed by atoms with E-state index in [-0.39, 0.29) is 16.9 Å². The number of amides is 1. The number of piperidine rings is 1. The highest BCUT2D eigenvalue weighted by Crippen LogP contribution is 2.30. The topological polar surface area (TPSA) is 118 Å². The fraction of sp³-hybridized carbons (Fsp3) is 0.316.